The predicted molar refractivity (Wildman–Crippen MR) is 122 cm³/mol. The fourth-order valence-electron chi connectivity index (χ4n) is 2.96. The number of hydrogen-bond donors (Lipinski definition) is 5. The molecule has 186 valence electrons. The highest BCUT2D eigenvalue weighted by molar-refractivity contribution is 5.93. The van der Waals surface area contributed by atoms with Crippen molar-refractivity contribution in [2.45, 2.75) is 97.9 Å². The molecule has 0 aromatic heterocycles. The molecule has 0 aromatic rings. The zero-order valence-electron chi connectivity index (χ0n) is 20.5. The van der Waals surface area contributed by atoms with Crippen LogP contribution in [-0.4, -0.2) is 59.3 Å². The molecule has 0 unspecified atom stereocenters. The van der Waals surface area contributed by atoms with Crippen LogP contribution in [0.2, 0.25) is 0 Å². The maximum atomic E-state index is 12.9. The first-order chi connectivity index (χ1) is 14.7. The second kappa shape index (κ2) is 13.9. The Bertz CT molecular complexity index is 630. The molecule has 6 N–H and O–H groups in total. The molecule has 3 amide bonds. The number of carboxylic acids is 1. The molecule has 0 aliphatic rings. The van der Waals surface area contributed by atoms with Gasteiger partial charge in [-0.3, -0.25) is 9.59 Å². The Kier molecular flexibility index (Phi) is 12.9. The molecule has 0 fully saturated rings. The van der Waals surface area contributed by atoms with E-state index in [1.165, 1.54) is 0 Å². The van der Waals surface area contributed by atoms with E-state index >= 15 is 0 Å². The molecule has 0 rings (SSSR count). The highest BCUT2D eigenvalue weighted by Crippen LogP contribution is 2.11. The molecule has 0 bridgehead atoms. The Balaban J connectivity index is 5.34. The first-order valence-electron chi connectivity index (χ1n) is 11.2. The average molecular weight is 459 g/mol. The van der Waals surface area contributed by atoms with Crippen molar-refractivity contribution in [3.05, 3.63) is 0 Å². The topological polar surface area (TPSA) is 160 Å². The Morgan fingerprint density at radius 2 is 1.47 bits per heavy atom. The fourth-order valence-corrected chi connectivity index (χ4v) is 2.96. The molecule has 0 aliphatic carbocycles. The molecular weight excluding hydrogens is 416 g/mol. The third-order valence-electron chi connectivity index (χ3n) is 4.52. The van der Waals surface area contributed by atoms with E-state index in [1.54, 1.807) is 34.6 Å². The van der Waals surface area contributed by atoms with Crippen molar-refractivity contribution in [3.63, 3.8) is 0 Å². The Morgan fingerprint density at radius 1 is 0.906 bits per heavy atom. The summed E-state index contributed by atoms with van der Waals surface area (Å²) in [5.74, 6) is -2.47. The number of carbonyl (C=O) groups is 4. The van der Waals surface area contributed by atoms with Crippen LogP contribution >= 0.6 is 0 Å². The Labute approximate surface area is 191 Å². The summed E-state index contributed by atoms with van der Waals surface area (Å²) in [5.41, 5.74) is 4.73. The lowest BCUT2D eigenvalue weighted by Gasteiger charge is -2.28. The van der Waals surface area contributed by atoms with Gasteiger partial charge in [0.15, 0.2) is 0 Å². The van der Waals surface area contributed by atoms with Crippen LogP contribution < -0.4 is 21.7 Å². The monoisotopic (exact) mass is 458 g/mol. The number of carbonyl (C=O) groups excluding carboxylic acids is 3. The lowest BCUT2D eigenvalue weighted by Crippen LogP contribution is -2.57. The fraction of sp³-hybridized carbons (Fsp3) is 0.818. The van der Waals surface area contributed by atoms with Crippen LogP contribution in [0, 0.1) is 11.8 Å². The molecule has 0 saturated carbocycles. The number of nitrogens with one attached hydrogen (secondary N) is 3. The highest BCUT2D eigenvalue weighted by Gasteiger charge is 2.32. The van der Waals surface area contributed by atoms with Gasteiger partial charge in [-0.15, -0.1) is 0 Å². The van der Waals surface area contributed by atoms with Crippen molar-refractivity contribution < 1.29 is 29.0 Å². The van der Waals surface area contributed by atoms with Crippen molar-refractivity contribution in [3.8, 4) is 0 Å². The van der Waals surface area contributed by atoms with Gasteiger partial charge in [0.1, 0.15) is 23.7 Å². The van der Waals surface area contributed by atoms with Gasteiger partial charge in [0.25, 0.3) is 0 Å². The van der Waals surface area contributed by atoms with Gasteiger partial charge in [-0.05, 0) is 64.8 Å². The number of hydrogen-bond acceptors (Lipinski definition) is 6. The molecule has 0 aromatic carbocycles. The lowest BCUT2D eigenvalue weighted by atomic mass is 9.99. The third kappa shape index (κ3) is 12.5. The van der Waals surface area contributed by atoms with Crippen LogP contribution in [0.1, 0.15) is 74.1 Å². The Hall–Kier alpha value is -2.36. The molecule has 10 nitrogen and oxygen atoms in total. The quantitative estimate of drug-likeness (QED) is 0.263. The van der Waals surface area contributed by atoms with E-state index in [-0.39, 0.29) is 18.3 Å². The van der Waals surface area contributed by atoms with Gasteiger partial charge in [0.2, 0.25) is 11.8 Å². The number of unbranched alkanes of at least 4 members (excludes halogenated alkanes) is 1. The van der Waals surface area contributed by atoms with Gasteiger partial charge in [-0.25, -0.2) is 9.59 Å². The van der Waals surface area contributed by atoms with Crippen molar-refractivity contribution in [2.24, 2.45) is 17.6 Å². The molecule has 0 radical (unpaired) electrons. The van der Waals surface area contributed by atoms with Crippen LogP contribution in [0.15, 0.2) is 0 Å². The summed E-state index contributed by atoms with van der Waals surface area (Å²) in [6.45, 7) is 12.9. The molecule has 0 heterocycles. The van der Waals surface area contributed by atoms with Gasteiger partial charge < -0.3 is 31.5 Å². The molecule has 32 heavy (non-hydrogen) atoms. The standard InChI is InChI=1S/C22H42N4O6/c1-13(2)12-16(18(27)24-15(20(29)30)10-8-9-11-23)25-19(28)17(14(3)4)26-21(31)32-22(5,6)7/h13-17H,8-12,23H2,1-7H3,(H,24,27)(H,25,28)(H,26,31)(H,29,30)/t15-,16-,17-/m0/s1. The van der Waals surface area contributed by atoms with E-state index in [0.29, 0.717) is 25.8 Å². The minimum atomic E-state index is -1.14. The van der Waals surface area contributed by atoms with Crippen molar-refractivity contribution >= 4 is 23.9 Å². The number of aliphatic carboxylic acids is 1. The summed E-state index contributed by atoms with van der Waals surface area (Å²) in [6.07, 6.45) is 1.03. The molecular formula is C22H42N4O6. The van der Waals surface area contributed by atoms with E-state index in [0.717, 1.165) is 0 Å². The van der Waals surface area contributed by atoms with Crippen molar-refractivity contribution in [2.75, 3.05) is 6.54 Å². The number of carboxylic acid groups (broad SMARTS) is 1. The first-order valence-corrected chi connectivity index (χ1v) is 11.2. The molecule has 0 aliphatic heterocycles. The third-order valence-corrected chi connectivity index (χ3v) is 4.52. The summed E-state index contributed by atoms with van der Waals surface area (Å²) >= 11 is 0. The zero-order valence-corrected chi connectivity index (χ0v) is 20.5. The van der Waals surface area contributed by atoms with E-state index in [2.05, 4.69) is 16.0 Å². The maximum absolute atomic E-state index is 12.9. The molecule has 3 atom stereocenters. The van der Waals surface area contributed by atoms with E-state index in [4.69, 9.17) is 10.5 Å². The number of alkyl carbamates (subject to hydrolysis) is 1. The number of rotatable bonds is 13. The SMILES string of the molecule is CC(C)C[C@H](NC(=O)[C@@H](NC(=O)OC(C)(C)C)C(C)C)C(=O)N[C@@H](CCCCN)C(=O)O. The minimum absolute atomic E-state index is 0.0582. The van der Waals surface area contributed by atoms with Crippen LogP contribution in [0.5, 0.6) is 0 Å². The van der Waals surface area contributed by atoms with Crippen molar-refractivity contribution in [1.29, 1.82) is 0 Å². The summed E-state index contributed by atoms with van der Waals surface area (Å²) in [7, 11) is 0. The number of ether oxygens (including phenoxy) is 1. The van der Waals surface area contributed by atoms with Crippen molar-refractivity contribution in [1.82, 2.24) is 16.0 Å². The second-order valence-corrected chi connectivity index (χ2v) is 9.74. The van der Waals surface area contributed by atoms with Crippen LogP contribution in [0.25, 0.3) is 0 Å². The average Bonchev–Trinajstić information content (AvgIpc) is 2.62. The van der Waals surface area contributed by atoms with Gasteiger partial charge in [0, 0.05) is 0 Å². The minimum Gasteiger partial charge on any atom is -0.480 e. The number of nitrogens with two attached hydrogens (primary N) is 1. The highest BCUT2D eigenvalue weighted by atomic mass is 16.6. The largest absolute Gasteiger partial charge is 0.480 e. The van der Waals surface area contributed by atoms with Crippen LogP contribution in [0.3, 0.4) is 0 Å². The second-order valence-electron chi connectivity index (χ2n) is 9.74. The van der Waals surface area contributed by atoms with Gasteiger partial charge in [-0.1, -0.05) is 27.7 Å². The van der Waals surface area contributed by atoms with E-state index in [9.17, 15) is 24.3 Å². The van der Waals surface area contributed by atoms with Crippen LogP contribution in [-0.2, 0) is 19.1 Å². The smallest absolute Gasteiger partial charge is 0.408 e. The zero-order chi connectivity index (χ0) is 25.1. The molecule has 0 spiro atoms. The summed E-state index contributed by atoms with van der Waals surface area (Å²) < 4.78 is 5.23. The Morgan fingerprint density at radius 3 is 1.91 bits per heavy atom. The van der Waals surface area contributed by atoms with E-state index in [1.807, 2.05) is 13.8 Å². The normalized spacial score (nSPS) is 14.4. The van der Waals surface area contributed by atoms with Gasteiger partial charge >= 0.3 is 12.1 Å². The number of amides is 3. The predicted octanol–water partition coefficient (Wildman–Crippen LogP) is 1.77. The molecule has 0 saturated heterocycles. The lowest BCUT2D eigenvalue weighted by molar-refractivity contribution is -0.142. The summed E-state index contributed by atoms with van der Waals surface area (Å²) in [4.78, 5) is 49.4. The maximum Gasteiger partial charge on any atom is 0.408 e. The van der Waals surface area contributed by atoms with E-state index < -0.39 is 47.6 Å². The molecule has 10 heteroatoms. The van der Waals surface area contributed by atoms with Crippen LogP contribution in [0.4, 0.5) is 4.79 Å². The van der Waals surface area contributed by atoms with Gasteiger partial charge in [-0.2, -0.15) is 0 Å². The summed E-state index contributed by atoms with van der Waals surface area (Å²) in [6, 6.07) is -2.94. The first kappa shape index (κ1) is 29.6. The summed E-state index contributed by atoms with van der Waals surface area (Å²) in [5, 5.41) is 17.2. The van der Waals surface area contributed by atoms with Gasteiger partial charge in [0.05, 0.1) is 0 Å².